The highest BCUT2D eigenvalue weighted by molar-refractivity contribution is 9.10. The number of aromatic amines is 1. The van der Waals surface area contributed by atoms with Gasteiger partial charge in [-0.2, -0.15) is 0 Å². The van der Waals surface area contributed by atoms with Gasteiger partial charge in [0.2, 0.25) is 0 Å². The average Bonchev–Trinajstić information content (AvgIpc) is 2.87. The van der Waals surface area contributed by atoms with Gasteiger partial charge in [0, 0.05) is 10.7 Å². The van der Waals surface area contributed by atoms with Gasteiger partial charge in [0.25, 0.3) is 5.91 Å². The topological polar surface area (TPSA) is 71.2 Å². The van der Waals surface area contributed by atoms with E-state index in [0.29, 0.717) is 25.1 Å². The van der Waals surface area contributed by atoms with Crippen molar-refractivity contribution in [1.29, 1.82) is 0 Å². The first kappa shape index (κ1) is 15.1. The Morgan fingerprint density at radius 2 is 2.10 bits per heavy atom. The molecule has 0 bridgehead atoms. The molecule has 2 rings (SSSR count). The molecular formula is C14H19BrN2O3. The van der Waals surface area contributed by atoms with Crippen LogP contribution in [0.3, 0.4) is 0 Å². The van der Waals surface area contributed by atoms with Gasteiger partial charge in [-0.3, -0.25) is 4.79 Å². The van der Waals surface area contributed by atoms with Crippen LogP contribution in [0, 0.1) is 0 Å². The molecule has 2 N–H and O–H groups in total. The Kier molecular flexibility index (Phi) is 4.86. The summed E-state index contributed by atoms with van der Waals surface area (Å²) in [6.07, 6.45) is 5.90. The molecule has 1 heterocycles. The second-order valence-corrected chi connectivity index (χ2v) is 5.96. The predicted octanol–water partition coefficient (Wildman–Crippen LogP) is 2.77. The molecule has 1 aliphatic carbocycles. The Morgan fingerprint density at radius 3 is 2.65 bits per heavy atom. The maximum absolute atomic E-state index is 12.3. The highest BCUT2D eigenvalue weighted by atomic mass is 79.9. The molecule has 110 valence electrons. The van der Waals surface area contributed by atoms with Crippen LogP contribution in [0.15, 0.2) is 16.7 Å². The number of amides is 1. The Balaban J connectivity index is 2.15. The van der Waals surface area contributed by atoms with E-state index in [1.165, 1.54) is 0 Å². The van der Waals surface area contributed by atoms with Crippen LogP contribution in [0.2, 0.25) is 0 Å². The third kappa shape index (κ3) is 3.23. The molecule has 0 radical (unpaired) electrons. The summed E-state index contributed by atoms with van der Waals surface area (Å²) in [7, 11) is 0. The molecule has 1 aromatic rings. The van der Waals surface area contributed by atoms with Crippen LogP contribution in [-0.2, 0) is 9.53 Å². The molecule has 6 heteroatoms. The zero-order valence-corrected chi connectivity index (χ0v) is 13.1. The summed E-state index contributed by atoms with van der Waals surface area (Å²) >= 11 is 3.29. The second kappa shape index (κ2) is 6.43. The van der Waals surface area contributed by atoms with Gasteiger partial charge in [0.15, 0.2) is 0 Å². The largest absolute Gasteiger partial charge is 0.464 e. The normalized spacial score (nSPS) is 17.5. The van der Waals surface area contributed by atoms with E-state index in [2.05, 4.69) is 26.2 Å². The zero-order chi connectivity index (χ0) is 14.6. The number of carbonyl (C=O) groups excluding carboxylic acids is 2. The first-order valence-corrected chi connectivity index (χ1v) is 7.70. The standard InChI is InChI=1S/C14H19BrN2O3/c1-2-20-13(19)14(6-4-3-5-7-14)17-12(18)11-8-10(15)9-16-11/h8-9,16H,2-7H2,1H3,(H,17,18). The molecule has 1 aliphatic rings. The zero-order valence-electron chi connectivity index (χ0n) is 11.5. The lowest BCUT2D eigenvalue weighted by Gasteiger charge is -2.35. The minimum absolute atomic E-state index is 0.273. The van der Waals surface area contributed by atoms with E-state index in [4.69, 9.17) is 4.74 Å². The summed E-state index contributed by atoms with van der Waals surface area (Å²) in [5, 5.41) is 2.88. The van der Waals surface area contributed by atoms with Crippen molar-refractivity contribution < 1.29 is 14.3 Å². The lowest BCUT2D eigenvalue weighted by atomic mass is 9.81. The number of esters is 1. The van der Waals surface area contributed by atoms with Crippen molar-refractivity contribution in [3.8, 4) is 0 Å². The molecule has 0 aliphatic heterocycles. The third-order valence-corrected chi connectivity index (χ3v) is 4.08. The highest BCUT2D eigenvalue weighted by Gasteiger charge is 2.42. The maximum Gasteiger partial charge on any atom is 0.331 e. The van der Waals surface area contributed by atoms with Crippen molar-refractivity contribution >= 4 is 27.8 Å². The van der Waals surface area contributed by atoms with Crippen molar-refractivity contribution in [2.45, 2.75) is 44.6 Å². The molecule has 1 aromatic heterocycles. The SMILES string of the molecule is CCOC(=O)C1(NC(=O)c2cc(Br)c[nH]2)CCCCC1. The average molecular weight is 343 g/mol. The number of nitrogens with one attached hydrogen (secondary N) is 2. The van der Waals surface area contributed by atoms with Crippen LogP contribution in [0.5, 0.6) is 0 Å². The highest BCUT2D eigenvalue weighted by Crippen LogP contribution is 2.30. The van der Waals surface area contributed by atoms with E-state index in [0.717, 1.165) is 23.7 Å². The summed E-state index contributed by atoms with van der Waals surface area (Å²) in [5.41, 5.74) is -0.436. The minimum Gasteiger partial charge on any atom is -0.464 e. The number of aromatic nitrogens is 1. The van der Waals surface area contributed by atoms with Crippen LogP contribution < -0.4 is 5.32 Å². The van der Waals surface area contributed by atoms with E-state index in [-0.39, 0.29) is 11.9 Å². The summed E-state index contributed by atoms with van der Waals surface area (Å²) in [6, 6.07) is 1.69. The van der Waals surface area contributed by atoms with Crippen molar-refractivity contribution in [3.05, 3.63) is 22.4 Å². The van der Waals surface area contributed by atoms with Crippen LogP contribution in [0.25, 0.3) is 0 Å². The quantitative estimate of drug-likeness (QED) is 0.826. The number of ether oxygens (including phenoxy) is 1. The molecule has 0 unspecified atom stereocenters. The van der Waals surface area contributed by atoms with E-state index in [9.17, 15) is 9.59 Å². The van der Waals surface area contributed by atoms with Gasteiger partial charge < -0.3 is 15.0 Å². The van der Waals surface area contributed by atoms with Crippen LogP contribution >= 0.6 is 15.9 Å². The van der Waals surface area contributed by atoms with Crippen LogP contribution in [0.1, 0.15) is 49.5 Å². The Morgan fingerprint density at radius 1 is 1.40 bits per heavy atom. The molecule has 0 spiro atoms. The fraction of sp³-hybridized carbons (Fsp3) is 0.571. The summed E-state index contributed by atoms with van der Waals surface area (Å²) in [6.45, 7) is 2.10. The van der Waals surface area contributed by atoms with Gasteiger partial charge in [0.1, 0.15) is 11.2 Å². The van der Waals surface area contributed by atoms with E-state index >= 15 is 0 Å². The monoisotopic (exact) mass is 342 g/mol. The number of carbonyl (C=O) groups is 2. The van der Waals surface area contributed by atoms with E-state index in [1.54, 1.807) is 19.2 Å². The smallest absolute Gasteiger partial charge is 0.331 e. The molecule has 1 fully saturated rings. The van der Waals surface area contributed by atoms with Gasteiger partial charge >= 0.3 is 5.97 Å². The number of rotatable bonds is 4. The Bertz CT molecular complexity index is 492. The number of halogens is 1. The van der Waals surface area contributed by atoms with Gasteiger partial charge in [-0.1, -0.05) is 19.3 Å². The van der Waals surface area contributed by atoms with Crippen molar-refractivity contribution in [2.75, 3.05) is 6.61 Å². The fourth-order valence-corrected chi connectivity index (χ4v) is 2.93. The Labute approximate surface area is 126 Å². The van der Waals surface area contributed by atoms with Gasteiger partial charge in [-0.25, -0.2) is 4.79 Å². The molecule has 20 heavy (non-hydrogen) atoms. The maximum atomic E-state index is 12.3. The van der Waals surface area contributed by atoms with E-state index in [1.807, 2.05) is 0 Å². The number of hydrogen-bond acceptors (Lipinski definition) is 3. The van der Waals surface area contributed by atoms with Gasteiger partial charge in [0.05, 0.1) is 6.61 Å². The van der Waals surface area contributed by atoms with Gasteiger partial charge in [-0.15, -0.1) is 0 Å². The van der Waals surface area contributed by atoms with Crippen LogP contribution in [0.4, 0.5) is 0 Å². The molecule has 0 saturated heterocycles. The lowest BCUT2D eigenvalue weighted by molar-refractivity contribution is -0.152. The summed E-state index contributed by atoms with van der Waals surface area (Å²) in [4.78, 5) is 27.4. The first-order valence-electron chi connectivity index (χ1n) is 6.91. The lowest BCUT2D eigenvalue weighted by Crippen LogP contribution is -2.56. The van der Waals surface area contributed by atoms with E-state index < -0.39 is 5.54 Å². The van der Waals surface area contributed by atoms with Crippen molar-refractivity contribution in [1.82, 2.24) is 10.3 Å². The summed E-state index contributed by atoms with van der Waals surface area (Å²) < 4.78 is 5.96. The van der Waals surface area contributed by atoms with Crippen LogP contribution in [-0.4, -0.2) is 29.0 Å². The summed E-state index contributed by atoms with van der Waals surface area (Å²) in [5.74, 6) is -0.593. The molecule has 1 saturated carbocycles. The molecule has 1 amide bonds. The molecule has 5 nitrogen and oxygen atoms in total. The fourth-order valence-electron chi connectivity index (χ4n) is 2.59. The predicted molar refractivity (Wildman–Crippen MR) is 78.4 cm³/mol. The Hall–Kier alpha value is -1.30. The second-order valence-electron chi connectivity index (χ2n) is 5.05. The minimum atomic E-state index is -0.872. The molecular weight excluding hydrogens is 324 g/mol. The molecule has 0 atom stereocenters. The third-order valence-electron chi connectivity index (χ3n) is 3.62. The molecule has 0 aromatic carbocycles. The van der Waals surface area contributed by atoms with Crippen molar-refractivity contribution in [3.63, 3.8) is 0 Å². The van der Waals surface area contributed by atoms with Gasteiger partial charge in [-0.05, 0) is 41.8 Å². The first-order chi connectivity index (χ1) is 9.57. The number of H-pyrrole nitrogens is 1. The number of hydrogen-bond donors (Lipinski definition) is 2. The van der Waals surface area contributed by atoms with Crippen molar-refractivity contribution in [2.24, 2.45) is 0 Å².